The number of hydrogen-bond acceptors (Lipinski definition) is 4. The van der Waals surface area contributed by atoms with Gasteiger partial charge >= 0.3 is 5.97 Å². The van der Waals surface area contributed by atoms with Crippen molar-refractivity contribution in [2.24, 2.45) is 0 Å². The lowest BCUT2D eigenvalue weighted by Gasteiger charge is -2.14. The average molecular weight is 281 g/mol. The van der Waals surface area contributed by atoms with Crippen LogP contribution in [0.3, 0.4) is 0 Å². The van der Waals surface area contributed by atoms with Gasteiger partial charge in [-0.1, -0.05) is 0 Å². The summed E-state index contributed by atoms with van der Waals surface area (Å²) in [5, 5.41) is 2.78. The number of carbonyl (C=O) groups is 1. The van der Waals surface area contributed by atoms with Crippen molar-refractivity contribution in [2.75, 3.05) is 12.4 Å². The van der Waals surface area contributed by atoms with E-state index in [4.69, 9.17) is 4.42 Å². The van der Waals surface area contributed by atoms with Crippen LogP contribution in [0.1, 0.15) is 29.1 Å². The van der Waals surface area contributed by atoms with E-state index in [1.165, 1.54) is 18.4 Å². The maximum absolute atomic E-state index is 13.9. The third kappa shape index (κ3) is 2.64. The number of anilines is 1. The van der Waals surface area contributed by atoms with Gasteiger partial charge < -0.3 is 14.5 Å². The quantitative estimate of drug-likeness (QED) is 0.871. The molecule has 2 rings (SSSR count). The van der Waals surface area contributed by atoms with E-state index in [-0.39, 0.29) is 11.7 Å². The Morgan fingerprint density at radius 1 is 1.30 bits per heavy atom. The first-order chi connectivity index (χ1) is 9.54. The minimum absolute atomic E-state index is 0.0564. The second-order valence-electron chi connectivity index (χ2n) is 4.16. The summed E-state index contributed by atoms with van der Waals surface area (Å²) in [4.78, 5) is 11.2. The largest absolute Gasteiger partial charge is 0.467 e. The summed E-state index contributed by atoms with van der Waals surface area (Å²) in [6.07, 6.45) is 1.49. The zero-order chi connectivity index (χ0) is 14.7. The van der Waals surface area contributed by atoms with E-state index in [0.29, 0.717) is 5.76 Å². The summed E-state index contributed by atoms with van der Waals surface area (Å²) in [5.74, 6) is -2.71. The molecule has 0 aliphatic rings. The lowest BCUT2D eigenvalue weighted by Crippen LogP contribution is -2.11. The predicted octanol–water partition coefficient (Wildman–Crippen LogP) is 3.52. The molecule has 4 nitrogen and oxygen atoms in total. The molecule has 0 saturated carbocycles. The highest BCUT2D eigenvalue weighted by Gasteiger charge is 2.20. The Kier molecular flexibility index (Phi) is 4.02. The maximum atomic E-state index is 13.9. The molecule has 0 amide bonds. The van der Waals surface area contributed by atoms with E-state index in [2.05, 4.69) is 10.1 Å². The van der Waals surface area contributed by atoms with Gasteiger partial charge in [0.15, 0.2) is 11.6 Å². The molecular formula is C14H13F2NO3. The van der Waals surface area contributed by atoms with Gasteiger partial charge in [-0.3, -0.25) is 0 Å². The highest BCUT2D eigenvalue weighted by Crippen LogP contribution is 2.25. The van der Waals surface area contributed by atoms with Crippen LogP contribution in [0.15, 0.2) is 34.9 Å². The molecule has 2 aromatic rings. The molecule has 1 atom stereocenters. The standard InChI is InChI=1S/C14H13F2NO3/c1-8(11-4-3-7-20-11)17-10-6-5-9(14(18)19-2)12(15)13(10)16/h3-8,17H,1-2H3. The monoisotopic (exact) mass is 281 g/mol. The third-order valence-electron chi connectivity index (χ3n) is 2.83. The van der Waals surface area contributed by atoms with Gasteiger partial charge in [0, 0.05) is 0 Å². The number of furan rings is 1. The van der Waals surface area contributed by atoms with E-state index in [1.54, 1.807) is 19.1 Å². The van der Waals surface area contributed by atoms with Gasteiger partial charge in [-0.15, -0.1) is 0 Å². The van der Waals surface area contributed by atoms with Crippen LogP contribution in [0.25, 0.3) is 0 Å². The second kappa shape index (κ2) is 5.73. The van der Waals surface area contributed by atoms with Crippen LogP contribution in [0, 0.1) is 11.6 Å². The molecule has 1 N–H and O–H groups in total. The van der Waals surface area contributed by atoms with Crippen LogP contribution >= 0.6 is 0 Å². The predicted molar refractivity (Wildman–Crippen MR) is 68.4 cm³/mol. The van der Waals surface area contributed by atoms with Gasteiger partial charge in [0.25, 0.3) is 0 Å². The minimum Gasteiger partial charge on any atom is -0.467 e. The Bertz CT molecular complexity index is 611. The Morgan fingerprint density at radius 2 is 2.05 bits per heavy atom. The third-order valence-corrected chi connectivity index (χ3v) is 2.83. The van der Waals surface area contributed by atoms with Crippen molar-refractivity contribution in [3.8, 4) is 0 Å². The van der Waals surface area contributed by atoms with Gasteiger partial charge in [0.05, 0.1) is 30.7 Å². The highest BCUT2D eigenvalue weighted by atomic mass is 19.2. The van der Waals surface area contributed by atoms with Crippen LogP contribution in [0.2, 0.25) is 0 Å². The van der Waals surface area contributed by atoms with Gasteiger partial charge in [-0.05, 0) is 31.2 Å². The van der Waals surface area contributed by atoms with Crippen molar-refractivity contribution in [1.82, 2.24) is 0 Å². The normalized spacial score (nSPS) is 12.0. The lowest BCUT2D eigenvalue weighted by molar-refractivity contribution is 0.0594. The van der Waals surface area contributed by atoms with Crippen molar-refractivity contribution >= 4 is 11.7 Å². The highest BCUT2D eigenvalue weighted by molar-refractivity contribution is 5.90. The number of methoxy groups -OCH3 is 1. The second-order valence-corrected chi connectivity index (χ2v) is 4.16. The van der Waals surface area contributed by atoms with E-state index in [0.717, 1.165) is 7.11 Å². The SMILES string of the molecule is COC(=O)c1ccc(NC(C)c2ccco2)c(F)c1F. The molecule has 0 fully saturated rings. The first kappa shape index (κ1) is 14.0. The molecule has 1 aromatic heterocycles. The Hall–Kier alpha value is -2.37. The topological polar surface area (TPSA) is 51.5 Å². The molecule has 1 heterocycles. The number of nitrogens with one attached hydrogen (secondary N) is 1. The maximum Gasteiger partial charge on any atom is 0.340 e. The number of ether oxygens (including phenoxy) is 1. The zero-order valence-corrected chi connectivity index (χ0v) is 10.9. The first-order valence-corrected chi connectivity index (χ1v) is 5.91. The number of rotatable bonds is 4. The summed E-state index contributed by atoms with van der Waals surface area (Å²) in [6, 6.07) is 5.52. The van der Waals surface area contributed by atoms with Gasteiger partial charge in [0.2, 0.25) is 0 Å². The lowest BCUT2D eigenvalue weighted by atomic mass is 10.1. The Morgan fingerprint density at radius 3 is 2.65 bits per heavy atom. The molecule has 20 heavy (non-hydrogen) atoms. The fraction of sp³-hybridized carbons (Fsp3) is 0.214. The average Bonchev–Trinajstić information content (AvgIpc) is 2.97. The number of esters is 1. The molecule has 1 unspecified atom stereocenters. The fourth-order valence-corrected chi connectivity index (χ4v) is 1.77. The fourth-order valence-electron chi connectivity index (χ4n) is 1.77. The van der Waals surface area contributed by atoms with Crippen LogP contribution in [0.4, 0.5) is 14.5 Å². The smallest absolute Gasteiger partial charge is 0.340 e. The molecule has 0 spiro atoms. The molecule has 6 heteroatoms. The number of halogens is 2. The van der Waals surface area contributed by atoms with Crippen molar-refractivity contribution in [3.05, 3.63) is 53.5 Å². The molecule has 0 bridgehead atoms. The first-order valence-electron chi connectivity index (χ1n) is 5.91. The number of hydrogen-bond donors (Lipinski definition) is 1. The van der Waals surface area contributed by atoms with E-state index in [1.807, 2.05) is 0 Å². The summed E-state index contributed by atoms with van der Waals surface area (Å²) in [6.45, 7) is 1.74. The Balaban J connectivity index is 2.26. The van der Waals surface area contributed by atoms with Gasteiger partial charge in [-0.2, -0.15) is 0 Å². The van der Waals surface area contributed by atoms with Crippen molar-refractivity contribution < 1.29 is 22.7 Å². The molecule has 0 radical (unpaired) electrons. The van der Waals surface area contributed by atoms with Crippen molar-refractivity contribution in [1.29, 1.82) is 0 Å². The summed E-state index contributed by atoms with van der Waals surface area (Å²) < 4.78 is 37.2. The molecule has 1 aromatic carbocycles. The molecule has 0 saturated heterocycles. The van der Waals surface area contributed by atoms with Crippen LogP contribution in [-0.2, 0) is 4.74 Å². The molecule has 0 aliphatic carbocycles. The zero-order valence-electron chi connectivity index (χ0n) is 10.9. The Labute approximate surface area is 114 Å². The van der Waals surface area contributed by atoms with Crippen molar-refractivity contribution in [2.45, 2.75) is 13.0 Å². The van der Waals surface area contributed by atoms with E-state index < -0.39 is 23.2 Å². The molecule has 106 valence electrons. The van der Waals surface area contributed by atoms with Crippen LogP contribution in [-0.4, -0.2) is 13.1 Å². The summed E-state index contributed by atoms with van der Waals surface area (Å²) in [5.41, 5.74) is -0.500. The van der Waals surface area contributed by atoms with Gasteiger partial charge in [-0.25, -0.2) is 13.6 Å². The minimum atomic E-state index is -1.24. The van der Waals surface area contributed by atoms with Gasteiger partial charge in [0.1, 0.15) is 5.76 Å². The molecular weight excluding hydrogens is 268 g/mol. The summed E-state index contributed by atoms with van der Waals surface area (Å²) >= 11 is 0. The number of carbonyl (C=O) groups excluding carboxylic acids is 1. The van der Waals surface area contributed by atoms with E-state index >= 15 is 0 Å². The van der Waals surface area contributed by atoms with Crippen molar-refractivity contribution in [3.63, 3.8) is 0 Å². The van der Waals surface area contributed by atoms with E-state index in [9.17, 15) is 13.6 Å². The number of benzene rings is 1. The van der Waals surface area contributed by atoms with Crippen LogP contribution < -0.4 is 5.32 Å². The van der Waals surface area contributed by atoms with Crippen LogP contribution in [0.5, 0.6) is 0 Å². The molecule has 0 aliphatic heterocycles. The summed E-state index contributed by atoms with van der Waals surface area (Å²) in [7, 11) is 1.10.